The van der Waals surface area contributed by atoms with Crippen molar-refractivity contribution in [1.82, 2.24) is 4.98 Å². The lowest BCUT2D eigenvalue weighted by atomic mass is 10.1. The van der Waals surface area contributed by atoms with E-state index in [0.29, 0.717) is 13.2 Å². The van der Waals surface area contributed by atoms with Gasteiger partial charge in [-0.25, -0.2) is 4.98 Å². The Labute approximate surface area is 168 Å². The summed E-state index contributed by atoms with van der Waals surface area (Å²) in [5, 5.41) is 5.17. The minimum Gasteiger partial charge on any atom is -0.486 e. The molecule has 4 aromatic rings. The van der Waals surface area contributed by atoms with Crippen molar-refractivity contribution in [3.8, 4) is 5.75 Å². The Kier molecular flexibility index (Phi) is 5.64. The zero-order valence-corrected chi connectivity index (χ0v) is 16.4. The van der Waals surface area contributed by atoms with E-state index in [1.807, 2.05) is 79.7 Å². The van der Waals surface area contributed by atoms with Crippen LogP contribution in [0.1, 0.15) is 23.1 Å². The van der Waals surface area contributed by atoms with Gasteiger partial charge in [0, 0.05) is 0 Å². The fourth-order valence-electron chi connectivity index (χ4n) is 2.75. The van der Waals surface area contributed by atoms with Gasteiger partial charge in [0.1, 0.15) is 24.0 Å². The predicted octanol–water partition coefficient (Wildman–Crippen LogP) is 5.82. The van der Waals surface area contributed by atoms with Crippen molar-refractivity contribution in [2.45, 2.75) is 20.1 Å². The van der Waals surface area contributed by atoms with Crippen LogP contribution in [0.3, 0.4) is 0 Å². The lowest BCUT2D eigenvalue weighted by molar-refractivity contribution is 0.130. The van der Waals surface area contributed by atoms with Gasteiger partial charge < -0.3 is 9.57 Å². The average molecular weight is 388 g/mol. The number of hydrogen-bond donors (Lipinski definition) is 0. The third-order valence-electron chi connectivity index (χ3n) is 4.25. The van der Waals surface area contributed by atoms with Gasteiger partial charge in [-0.05, 0) is 54.4 Å². The zero-order valence-electron chi connectivity index (χ0n) is 15.5. The van der Waals surface area contributed by atoms with Gasteiger partial charge in [0.25, 0.3) is 0 Å². The Morgan fingerprint density at radius 3 is 2.43 bits per heavy atom. The lowest BCUT2D eigenvalue weighted by Crippen LogP contribution is -1.98. The summed E-state index contributed by atoms with van der Waals surface area (Å²) < 4.78 is 7.05. The molecular formula is C23H20N2O2S. The van der Waals surface area contributed by atoms with E-state index >= 15 is 0 Å². The Morgan fingerprint density at radius 1 is 0.893 bits per heavy atom. The van der Waals surface area contributed by atoms with E-state index in [2.05, 4.69) is 16.2 Å². The fraction of sp³-hybridized carbons (Fsp3) is 0.130. The van der Waals surface area contributed by atoms with Crippen LogP contribution in [-0.4, -0.2) is 10.7 Å². The number of fused-ring (bicyclic) bond motifs is 1. The Hall–Kier alpha value is -3.18. The van der Waals surface area contributed by atoms with Crippen LogP contribution in [0.5, 0.6) is 5.75 Å². The molecule has 0 aliphatic heterocycles. The zero-order chi connectivity index (χ0) is 19.2. The quantitative estimate of drug-likeness (QED) is 0.296. The van der Waals surface area contributed by atoms with Crippen LogP contribution in [0, 0.1) is 0 Å². The number of hydrogen-bond acceptors (Lipinski definition) is 5. The summed E-state index contributed by atoms with van der Waals surface area (Å²) in [5.41, 5.74) is 3.94. The number of thiazole rings is 1. The van der Waals surface area contributed by atoms with Gasteiger partial charge in [-0.2, -0.15) is 0 Å². The summed E-state index contributed by atoms with van der Waals surface area (Å²) in [4.78, 5) is 10.0. The van der Waals surface area contributed by atoms with Crippen LogP contribution in [-0.2, 0) is 18.1 Å². The number of nitrogens with zero attached hydrogens (tertiary/aromatic N) is 2. The number of oxime groups is 1. The maximum Gasteiger partial charge on any atom is 0.142 e. The molecule has 0 unspecified atom stereocenters. The Morgan fingerprint density at radius 2 is 1.64 bits per heavy atom. The molecule has 5 heteroatoms. The molecule has 0 N–H and O–H groups in total. The van der Waals surface area contributed by atoms with Gasteiger partial charge in [-0.1, -0.05) is 47.6 Å². The highest BCUT2D eigenvalue weighted by Crippen LogP contribution is 2.23. The number of aromatic nitrogens is 1. The van der Waals surface area contributed by atoms with Crippen molar-refractivity contribution in [3.63, 3.8) is 0 Å². The van der Waals surface area contributed by atoms with E-state index in [1.54, 1.807) is 11.3 Å². The molecule has 3 aromatic carbocycles. The fourth-order valence-corrected chi connectivity index (χ4v) is 3.63. The average Bonchev–Trinajstić information content (AvgIpc) is 3.16. The maximum atomic E-state index is 5.87. The minimum absolute atomic E-state index is 0.460. The summed E-state index contributed by atoms with van der Waals surface area (Å²) in [5.74, 6) is 0.806. The Balaban J connectivity index is 1.33. The van der Waals surface area contributed by atoms with Crippen molar-refractivity contribution in [3.05, 3.63) is 95.0 Å². The first-order valence-electron chi connectivity index (χ1n) is 9.06. The van der Waals surface area contributed by atoms with Gasteiger partial charge in [0.05, 0.1) is 15.9 Å². The van der Waals surface area contributed by atoms with Crippen molar-refractivity contribution in [2.24, 2.45) is 5.16 Å². The molecule has 28 heavy (non-hydrogen) atoms. The molecule has 0 bridgehead atoms. The summed E-state index contributed by atoms with van der Waals surface area (Å²) >= 11 is 1.66. The van der Waals surface area contributed by atoms with Crippen molar-refractivity contribution >= 4 is 27.3 Å². The van der Waals surface area contributed by atoms with E-state index < -0.39 is 0 Å². The highest BCUT2D eigenvalue weighted by Gasteiger charge is 2.05. The van der Waals surface area contributed by atoms with Crippen molar-refractivity contribution in [1.29, 1.82) is 0 Å². The van der Waals surface area contributed by atoms with Gasteiger partial charge in [0.15, 0.2) is 0 Å². The SMILES string of the molecule is CC(=NOCc1ccccc1)c1ccc(OCc2nc3ccccc3s2)cc1. The first-order valence-corrected chi connectivity index (χ1v) is 9.88. The molecule has 0 spiro atoms. The van der Waals surface area contributed by atoms with Crippen LogP contribution >= 0.6 is 11.3 Å². The standard InChI is InChI=1S/C23H20N2O2S/c1-17(25-27-15-18-7-3-2-4-8-18)19-11-13-20(14-12-19)26-16-23-24-21-9-5-6-10-22(21)28-23/h2-14H,15-16H2,1H3. The molecule has 0 saturated carbocycles. The molecule has 140 valence electrons. The van der Waals surface area contributed by atoms with Crippen LogP contribution in [0.2, 0.25) is 0 Å². The number of ether oxygens (including phenoxy) is 1. The van der Waals surface area contributed by atoms with E-state index in [4.69, 9.17) is 9.57 Å². The second kappa shape index (κ2) is 8.67. The van der Waals surface area contributed by atoms with Gasteiger partial charge in [-0.3, -0.25) is 0 Å². The van der Waals surface area contributed by atoms with E-state index in [-0.39, 0.29) is 0 Å². The summed E-state index contributed by atoms with van der Waals surface area (Å²) in [6.07, 6.45) is 0. The first-order chi connectivity index (χ1) is 13.8. The third-order valence-corrected chi connectivity index (χ3v) is 5.26. The number of para-hydroxylation sites is 1. The number of rotatable bonds is 7. The van der Waals surface area contributed by atoms with E-state index in [0.717, 1.165) is 33.1 Å². The molecule has 0 aliphatic carbocycles. The van der Waals surface area contributed by atoms with Gasteiger partial charge in [0.2, 0.25) is 0 Å². The van der Waals surface area contributed by atoms with Gasteiger partial charge >= 0.3 is 0 Å². The Bertz CT molecular complexity index is 1040. The molecule has 1 aromatic heterocycles. The number of benzene rings is 3. The minimum atomic E-state index is 0.460. The van der Waals surface area contributed by atoms with Crippen molar-refractivity contribution < 1.29 is 9.57 Å². The highest BCUT2D eigenvalue weighted by atomic mass is 32.1. The molecule has 1 heterocycles. The van der Waals surface area contributed by atoms with E-state index in [1.165, 1.54) is 4.70 Å². The second-order valence-electron chi connectivity index (χ2n) is 6.32. The summed E-state index contributed by atoms with van der Waals surface area (Å²) in [7, 11) is 0. The van der Waals surface area contributed by atoms with Gasteiger partial charge in [-0.15, -0.1) is 11.3 Å². The molecular weight excluding hydrogens is 368 g/mol. The van der Waals surface area contributed by atoms with E-state index in [9.17, 15) is 0 Å². The lowest BCUT2D eigenvalue weighted by Gasteiger charge is -2.06. The largest absolute Gasteiger partial charge is 0.486 e. The smallest absolute Gasteiger partial charge is 0.142 e. The van der Waals surface area contributed by atoms with Crippen LogP contribution in [0.15, 0.2) is 84.0 Å². The van der Waals surface area contributed by atoms with Crippen LogP contribution in [0.4, 0.5) is 0 Å². The van der Waals surface area contributed by atoms with Crippen LogP contribution < -0.4 is 4.74 Å². The molecule has 0 amide bonds. The van der Waals surface area contributed by atoms with Crippen molar-refractivity contribution in [2.75, 3.05) is 0 Å². The predicted molar refractivity (Wildman–Crippen MR) is 114 cm³/mol. The molecule has 4 rings (SSSR count). The molecule has 0 radical (unpaired) electrons. The maximum absolute atomic E-state index is 5.87. The molecule has 4 nitrogen and oxygen atoms in total. The third kappa shape index (κ3) is 4.56. The monoisotopic (exact) mass is 388 g/mol. The molecule has 0 atom stereocenters. The summed E-state index contributed by atoms with van der Waals surface area (Å²) in [6, 6.07) is 26.0. The highest BCUT2D eigenvalue weighted by molar-refractivity contribution is 7.18. The van der Waals surface area contributed by atoms with Crippen LogP contribution in [0.25, 0.3) is 10.2 Å². The molecule has 0 fully saturated rings. The molecule has 0 saturated heterocycles. The normalized spacial score (nSPS) is 11.5. The summed E-state index contributed by atoms with van der Waals surface area (Å²) in [6.45, 7) is 2.86. The second-order valence-corrected chi connectivity index (χ2v) is 7.44. The first kappa shape index (κ1) is 18.2. The topological polar surface area (TPSA) is 43.7 Å². The molecule has 0 aliphatic rings.